The van der Waals surface area contributed by atoms with E-state index in [0.717, 1.165) is 59.2 Å². The number of nitrogens with zero attached hydrogens (tertiary/aromatic N) is 3. The average molecular weight is 315 g/mol. The molecule has 1 aliphatic rings. The molecule has 2 aromatic rings. The first-order valence-electron chi connectivity index (χ1n) is 7.91. The number of thiazole rings is 1. The molecule has 0 radical (unpaired) electrons. The molecular weight excluding hydrogens is 294 g/mol. The predicted molar refractivity (Wildman–Crippen MR) is 89.2 cm³/mol. The summed E-state index contributed by atoms with van der Waals surface area (Å²) in [6, 6.07) is 4.03. The van der Waals surface area contributed by atoms with E-state index in [1.807, 2.05) is 24.1 Å². The highest BCUT2D eigenvalue weighted by Gasteiger charge is 2.23. The topological polar surface area (TPSA) is 46.1 Å². The number of hydrogen-bond acceptors (Lipinski definition) is 4. The number of amides is 1. The van der Waals surface area contributed by atoms with Crippen LogP contribution in [0.5, 0.6) is 0 Å². The number of carbonyl (C=O) groups excluding carboxylic acids is 1. The molecule has 0 N–H and O–H groups in total. The first-order chi connectivity index (χ1) is 10.7. The summed E-state index contributed by atoms with van der Waals surface area (Å²) in [7, 11) is 0. The van der Waals surface area contributed by atoms with Crippen molar-refractivity contribution in [1.82, 2.24) is 14.9 Å². The van der Waals surface area contributed by atoms with Crippen LogP contribution >= 0.6 is 11.3 Å². The second-order valence-electron chi connectivity index (χ2n) is 5.68. The van der Waals surface area contributed by atoms with Gasteiger partial charge in [0.1, 0.15) is 9.88 Å². The number of hydrogen-bond donors (Lipinski definition) is 0. The molecule has 2 aromatic heterocycles. The van der Waals surface area contributed by atoms with E-state index >= 15 is 0 Å². The minimum Gasteiger partial charge on any atom is -0.338 e. The highest BCUT2D eigenvalue weighted by atomic mass is 32.1. The lowest BCUT2D eigenvalue weighted by molar-refractivity contribution is 0.0728. The maximum Gasteiger partial charge on any atom is 0.265 e. The fourth-order valence-corrected chi connectivity index (χ4v) is 3.79. The smallest absolute Gasteiger partial charge is 0.265 e. The molecule has 3 rings (SSSR count). The number of rotatable bonds is 3. The Labute approximate surface area is 135 Å². The fraction of sp³-hybridized carbons (Fsp3) is 0.471. The summed E-state index contributed by atoms with van der Waals surface area (Å²) in [5.41, 5.74) is 2.94. The zero-order chi connectivity index (χ0) is 15.5. The van der Waals surface area contributed by atoms with E-state index in [0.29, 0.717) is 0 Å². The van der Waals surface area contributed by atoms with Gasteiger partial charge in [-0.05, 0) is 44.7 Å². The molecule has 4 nitrogen and oxygen atoms in total. The van der Waals surface area contributed by atoms with Gasteiger partial charge in [0.15, 0.2) is 0 Å². The van der Waals surface area contributed by atoms with Crippen LogP contribution in [-0.2, 0) is 6.42 Å². The van der Waals surface area contributed by atoms with Gasteiger partial charge in [-0.3, -0.25) is 9.78 Å². The normalized spacial score (nSPS) is 15.1. The highest BCUT2D eigenvalue weighted by molar-refractivity contribution is 7.17. The Kier molecular flexibility index (Phi) is 4.52. The molecule has 0 aromatic carbocycles. The molecule has 1 aliphatic heterocycles. The summed E-state index contributed by atoms with van der Waals surface area (Å²) in [6.07, 6.45) is 6.17. The van der Waals surface area contributed by atoms with Gasteiger partial charge in [0.05, 0.1) is 5.69 Å². The van der Waals surface area contributed by atoms with E-state index in [2.05, 4.69) is 23.0 Å². The lowest BCUT2D eigenvalue weighted by Crippen LogP contribution is -2.35. The summed E-state index contributed by atoms with van der Waals surface area (Å²) in [5, 5.41) is 0.912. The quantitative estimate of drug-likeness (QED) is 0.867. The van der Waals surface area contributed by atoms with Crippen molar-refractivity contribution in [3.8, 4) is 10.6 Å². The second kappa shape index (κ2) is 6.57. The van der Waals surface area contributed by atoms with Crippen molar-refractivity contribution < 1.29 is 4.79 Å². The third-order valence-electron chi connectivity index (χ3n) is 4.06. The zero-order valence-electron chi connectivity index (χ0n) is 13.1. The largest absolute Gasteiger partial charge is 0.338 e. The third-order valence-corrected chi connectivity index (χ3v) is 5.25. The zero-order valence-corrected chi connectivity index (χ0v) is 13.9. The van der Waals surface area contributed by atoms with E-state index in [1.165, 1.54) is 17.8 Å². The van der Waals surface area contributed by atoms with Gasteiger partial charge in [0.25, 0.3) is 5.91 Å². The van der Waals surface area contributed by atoms with Crippen LogP contribution in [0.3, 0.4) is 0 Å². The van der Waals surface area contributed by atoms with E-state index in [4.69, 9.17) is 0 Å². The van der Waals surface area contributed by atoms with Gasteiger partial charge in [-0.2, -0.15) is 0 Å². The number of aromatic nitrogens is 2. The van der Waals surface area contributed by atoms with E-state index < -0.39 is 0 Å². The van der Waals surface area contributed by atoms with Crippen LogP contribution in [0.2, 0.25) is 0 Å². The Morgan fingerprint density at radius 2 is 2.09 bits per heavy atom. The fourth-order valence-electron chi connectivity index (χ4n) is 2.76. The summed E-state index contributed by atoms with van der Waals surface area (Å²) in [4.78, 5) is 24.4. The van der Waals surface area contributed by atoms with Gasteiger partial charge in [0.2, 0.25) is 0 Å². The number of pyridine rings is 1. The molecule has 0 bridgehead atoms. The van der Waals surface area contributed by atoms with Crippen LogP contribution in [-0.4, -0.2) is 33.9 Å². The summed E-state index contributed by atoms with van der Waals surface area (Å²) < 4.78 is 0. The summed E-state index contributed by atoms with van der Waals surface area (Å²) in [6.45, 7) is 5.77. The van der Waals surface area contributed by atoms with Gasteiger partial charge < -0.3 is 4.90 Å². The Bertz CT molecular complexity index is 674. The number of piperidine rings is 1. The molecule has 0 aliphatic carbocycles. The average Bonchev–Trinajstić information content (AvgIpc) is 2.97. The van der Waals surface area contributed by atoms with Crippen molar-refractivity contribution in [3.63, 3.8) is 0 Å². The van der Waals surface area contributed by atoms with Crippen LogP contribution in [0.15, 0.2) is 18.3 Å². The minimum absolute atomic E-state index is 0.144. The SMILES string of the molecule is CCc1cc(-c2nc(C)c(C(=O)N3CCCCC3)s2)ccn1. The first-order valence-corrected chi connectivity index (χ1v) is 8.72. The monoisotopic (exact) mass is 315 g/mol. The van der Waals surface area contributed by atoms with Gasteiger partial charge in [-0.15, -0.1) is 11.3 Å². The Balaban J connectivity index is 1.88. The Morgan fingerprint density at radius 3 is 2.82 bits per heavy atom. The molecule has 0 spiro atoms. The van der Waals surface area contributed by atoms with Crippen molar-refractivity contribution in [1.29, 1.82) is 0 Å². The lowest BCUT2D eigenvalue weighted by atomic mass is 10.1. The highest BCUT2D eigenvalue weighted by Crippen LogP contribution is 2.29. The van der Waals surface area contributed by atoms with Gasteiger partial charge >= 0.3 is 0 Å². The van der Waals surface area contributed by atoms with E-state index in [-0.39, 0.29) is 5.91 Å². The van der Waals surface area contributed by atoms with Crippen molar-refractivity contribution >= 4 is 17.2 Å². The van der Waals surface area contributed by atoms with Crippen molar-refractivity contribution in [2.45, 2.75) is 39.5 Å². The summed E-state index contributed by atoms with van der Waals surface area (Å²) >= 11 is 1.50. The molecule has 1 amide bonds. The number of aryl methyl sites for hydroxylation is 2. The summed E-state index contributed by atoms with van der Waals surface area (Å²) in [5.74, 6) is 0.144. The molecule has 116 valence electrons. The van der Waals surface area contributed by atoms with Crippen LogP contribution in [0, 0.1) is 6.92 Å². The molecule has 1 fully saturated rings. The predicted octanol–water partition coefficient (Wildman–Crippen LogP) is 3.70. The van der Waals surface area contributed by atoms with Crippen molar-refractivity contribution in [2.24, 2.45) is 0 Å². The maximum absolute atomic E-state index is 12.7. The van der Waals surface area contributed by atoms with E-state index in [1.54, 1.807) is 0 Å². The number of likely N-dealkylation sites (tertiary alicyclic amines) is 1. The van der Waals surface area contributed by atoms with Crippen LogP contribution < -0.4 is 0 Å². The molecule has 22 heavy (non-hydrogen) atoms. The van der Waals surface area contributed by atoms with Gasteiger partial charge in [0, 0.05) is 30.5 Å². The minimum atomic E-state index is 0.144. The van der Waals surface area contributed by atoms with Crippen LogP contribution in [0.1, 0.15) is 47.2 Å². The van der Waals surface area contributed by atoms with Gasteiger partial charge in [-0.1, -0.05) is 6.92 Å². The lowest BCUT2D eigenvalue weighted by Gasteiger charge is -2.26. The molecule has 0 atom stereocenters. The Hall–Kier alpha value is -1.75. The van der Waals surface area contributed by atoms with Gasteiger partial charge in [-0.25, -0.2) is 4.98 Å². The second-order valence-corrected chi connectivity index (χ2v) is 6.67. The molecular formula is C17H21N3OS. The van der Waals surface area contributed by atoms with Crippen molar-refractivity contribution in [2.75, 3.05) is 13.1 Å². The van der Waals surface area contributed by atoms with E-state index in [9.17, 15) is 4.79 Å². The molecule has 5 heteroatoms. The third kappa shape index (κ3) is 3.04. The van der Waals surface area contributed by atoms with Crippen LogP contribution in [0.25, 0.3) is 10.6 Å². The molecule has 3 heterocycles. The molecule has 0 unspecified atom stereocenters. The first kappa shape index (κ1) is 15.2. The van der Waals surface area contributed by atoms with Crippen LogP contribution in [0.4, 0.5) is 0 Å². The Morgan fingerprint density at radius 1 is 1.32 bits per heavy atom. The van der Waals surface area contributed by atoms with Crippen molar-refractivity contribution in [3.05, 3.63) is 34.6 Å². The molecule has 1 saturated heterocycles. The molecule has 0 saturated carbocycles. The maximum atomic E-state index is 12.7. The number of carbonyl (C=O) groups is 1. The standard InChI is InChI=1S/C17H21N3OS/c1-3-14-11-13(7-8-18-14)16-19-12(2)15(22-16)17(21)20-9-5-4-6-10-20/h7-8,11H,3-6,9-10H2,1-2H3.